The van der Waals surface area contributed by atoms with Crippen molar-refractivity contribution in [2.24, 2.45) is 5.73 Å². The minimum Gasteiger partial charge on any atom is -0.328 e. The van der Waals surface area contributed by atoms with Gasteiger partial charge in [-0.25, -0.2) is 0 Å². The van der Waals surface area contributed by atoms with Crippen LogP contribution in [0.5, 0.6) is 0 Å². The van der Waals surface area contributed by atoms with E-state index in [1.807, 2.05) is 6.92 Å². The van der Waals surface area contributed by atoms with Crippen LogP contribution in [0, 0.1) is 12.3 Å². The zero-order valence-electron chi connectivity index (χ0n) is 6.97. The van der Waals surface area contributed by atoms with Gasteiger partial charge in [0, 0.05) is 25.3 Å². The Labute approximate surface area is 68.2 Å². The molecule has 0 aliphatic heterocycles. The van der Waals surface area contributed by atoms with Crippen LogP contribution in [0.3, 0.4) is 0 Å². The Morgan fingerprint density at radius 3 is 2.73 bits per heavy atom. The second-order valence-electron chi connectivity index (χ2n) is 2.76. The molecular formula is C9H15NO. The number of ketones is 1. The van der Waals surface area contributed by atoms with Gasteiger partial charge in [0.25, 0.3) is 0 Å². The van der Waals surface area contributed by atoms with E-state index in [0.717, 1.165) is 6.42 Å². The van der Waals surface area contributed by atoms with E-state index in [2.05, 4.69) is 5.92 Å². The number of nitrogens with two attached hydrogens (primary N) is 1. The zero-order valence-corrected chi connectivity index (χ0v) is 6.97. The highest BCUT2D eigenvalue weighted by atomic mass is 16.1. The molecule has 62 valence electrons. The van der Waals surface area contributed by atoms with Crippen molar-refractivity contribution >= 4 is 5.78 Å². The quantitative estimate of drug-likeness (QED) is 0.601. The molecule has 2 N–H and O–H groups in total. The highest BCUT2D eigenvalue weighted by molar-refractivity contribution is 5.78. The standard InChI is InChI=1S/C9H15NO/c1-3-4-5-9(11)7-6-8(2)10/h1,8H,4-7,10H2,2H3. The number of hydrogen-bond donors (Lipinski definition) is 1. The summed E-state index contributed by atoms with van der Waals surface area (Å²) in [6.07, 6.45) is 7.40. The highest BCUT2D eigenvalue weighted by Gasteiger charge is 2.01. The Morgan fingerprint density at radius 2 is 2.27 bits per heavy atom. The lowest BCUT2D eigenvalue weighted by atomic mass is 10.1. The van der Waals surface area contributed by atoms with Gasteiger partial charge in [0.05, 0.1) is 0 Å². The molecule has 0 aromatic carbocycles. The molecule has 2 heteroatoms. The number of hydrogen-bond acceptors (Lipinski definition) is 2. The predicted octanol–water partition coefficient (Wildman–Crippen LogP) is 1.10. The van der Waals surface area contributed by atoms with Crippen molar-refractivity contribution in [1.29, 1.82) is 0 Å². The summed E-state index contributed by atoms with van der Waals surface area (Å²) < 4.78 is 0. The smallest absolute Gasteiger partial charge is 0.133 e. The van der Waals surface area contributed by atoms with Gasteiger partial charge in [-0.15, -0.1) is 12.3 Å². The number of Topliss-reactive ketones (excluding diaryl/α,β-unsaturated/α-hetero) is 1. The molecule has 1 unspecified atom stereocenters. The van der Waals surface area contributed by atoms with Gasteiger partial charge in [-0.3, -0.25) is 4.79 Å². The maximum absolute atomic E-state index is 11.0. The van der Waals surface area contributed by atoms with Crippen molar-refractivity contribution in [3.05, 3.63) is 0 Å². The van der Waals surface area contributed by atoms with Gasteiger partial charge in [0.2, 0.25) is 0 Å². The summed E-state index contributed by atoms with van der Waals surface area (Å²) in [6.45, 7) is 1.90. The molecule has 1 atom stereocenters. The van der Waals surface area contributed by atoms with Crippen molar-refractivity contribution in [2.75, 3.05) is 0 Å². The maximum atomic E-state index is 11.0. The van der Waals surface area contributed by atoms with Crippen LogP contribution in [0.1, 0.15) is 32.6 Å². The van der Waals surface area contributed by atoms with E-state index >= 15 is 0 Å². The second kappa shape index (κ2) is 5.94. The van der Waals surface area contributed by atoms with Crippen LogP contribution in [0.4, 0.5) is 0 Å². The van der Waals surface area contributed by atoms with Crippen LogP contribution in [-0.4, -0.2) is 11.8 Å². The number of terminal acetylenes is 1. The first-order chi connectivity index (χ1) is 5.16. The molecule has 2 nitrogen and oxygen atoms in total. The second-order valence-corrected chi connectivity index (χ2v) is 2.76. The van der Waals surface area contributed by atoms with Gasteiger partial charge < -0.3 is 5.73 Å². The molecule has 0 saturated carbocycles. The van der Waals surface area contributed by atoms with Crippen molar-refractivity contribution in [1.82, 2.24) is 0 Å². The summed E-state index contributed by atoms with van der Waals surface area (Å²) in [6, 6.07) is 0.116. The Hall–Kier alpha value is -0.810. The number of rotatable bonds is 5. The molecule has 0 heterocycles. The lowest BCUT2D eigenvalue weighted by molar-refractivity contribution is -0.119. The summed E-state index contributed by atoms with van der Waals surface area (Å²) in [5.74, 6) is 2.66. The molecule has 0 fully saturated rings. The Kier molecular flexibility index (Phi) is 5.50. The molecule has 0 rings (SSSR count). The normalized spacial score (nSPS) is 12.1. The molecule has 0 aliphatic rings. The van der Waals surface area contributed by atoms with Crippen molar-refractivity contribution in [3.8, 4) is 12.3 Å². The van der Waals surface area contributed by atoms with Gasteiger partial charge in [0.15, 0.2) is 0 Å². The van der Waals surface area contributed by atoms with E-state index in [1.165, 1.54) is 0 Å². The van der Waals surface area contributed by atoms with E-state index in [-0.39, 0.29) is 11.8 Å². The lowest BCUT2D eigenvalue weighted by Gasteiger charge is -2.01. The monoisotopic (exact) mass is 153 g/mol. The van der Waals surface area contributed by atoms with Crippen LogP contribution in [0.15, 0.2) is 0 Å². The highest BCUT2D eigenvalue weighted by Crippen LogP contribution is 1.99. The van der Waals surface area contributed by atoms with Gasteiger partial charge in [-0.05, 0) is 13.3 Å². The lowest BCUT2D eigenvalue weighted by Crippen LogP contribution is -2.16. The molecule has 11 heavy (non-hydrogen) atoms. The Morgan fingerprint density at radius 1 is 1.64 bits per heavy atom. The van der Waals surface area contributed by atoms with E-state index in [1.54, 1.807) is 0 Å². The van der Waals surface area contributed by atoms with E-state index in [9.17, 15) is 4.79 Å². The first kappa shape index (κ1) is 10.2. The maximum Gasteiger partial charge on any atom is 0.133 e. The van der Waals surface area contributed by atoms with Crippen molar-refractivity contribution in [3.63, 3.8) is 0 Å². The van der Waals surface area contributed by atoms with E-state index in [0.29, 0.717) is 19.3 Å². The number of carbonyl (C=O) groups is 1. The Balaban J connectivity index is 3.32. The third kappa shape index (κ3) is 7.08. The Bertz CT molecular complexity index is 155. The topological polar surface area (TPSA) is 43.1 Å². The third-order valence-corrected chi connectivity index (χ3v) is 1.43. The molecule has 0 radical (unpaired) electrons. The zero-order chi connectivity index (χ0) is 8.69. The van der Waals surface area contributed by atoms with Gasteiger partial charge in [0.1, 0.15) is 5.78 Å². The predicted molar refractivity (Wildman–Crippen MR) is 46.0 cm³/mol. The minimum absolute atomic E-state index is 0.116. The average molecular weight is 153 g/mol. The number of carbonyl (C=O) groups excluding carboxylic acids is 1. The summed E-state index contributed by atoms with van der Waals surface area (Å²) in [5.41, 5.74) is 5.48. The summed E-state index contributed by atoms with van der Waals surface area (Å²) >= 11 is 0. The first-order valence-electron chi connectivity index (χ1n) is 3.87. The van der Waals surface area contributed by atoms with E-state index < -0.39 is 0 Å². The fraction of sp³-hybridized carbons (Fsp3) is 0.667. The summed E-state index contributed by atoms with van der Waals surface area (Å²) in [4.78, 5) is 11.0. The third-order valence-electron chi connectivity index (χ3n) is 1.43. The summed E-state index contributed by atoms with van der Waals surface area (Å²) in [7, 11) is 0. The van der Waals surface area contributed by atoms with Crippen LogP contribution < -0.4 is 5.73 Å². The summed E-state index contributed by atoms with van der Waals surface area (Å²) in [5, 5.41) is 0. The molecule has 0 bridgehead atoms. The first-order valence-corrected chi connectivity index (χ1v) is 3.87. The largest absolute Gasteiger partial charge is 0.328 e. The van der Waals surface area contributed by atoms with Crippen LogP contribution >= 0.6 is 0 Å². The molecule has 0 aromatic heterocycles. The SMILES string of the molecule is C#CCCC(=O)CCC(C)N. The molecule has 0 spiro atoms. The minimum atomic E-state index is 0.116. The fourth-order valence-corrected chi connectivity index (χ4v) is 0.725. The molecule has 0 saturated heterocycles. The fourth-order valence-electron chi connectivity index (χ4n) is 0.725. The molecule has 0 aliphatic carbocycles. The van der Waals surface area contributed by atoms with E-state index in [4.69, 9.17) is 12.2 Å². The van der Waals surface area contributed by atoms with Crippen molar-refractivity contribution < 1.29 is 4.79 Å². The van der Waals surface area contributed by atoms with Crippen LogP contribution in [-0.2, 0) is 4.79 Å². The van der Waals surface area contributed by atoms with Crippen molar-refractivity contribution in [2.45, 2.75) is 38.6 Å². The molecule has 0 aromatic rings. The average Bonchev–Trinajstić information content (AvgIpc) is 1.97. The van der Waals surface area contributed by atoms with Crippen LogP contribution in [0.25, 0.3) is 0 Å². The van der Waals surface area contributed by atoms with Gasteiger partial charge >= 0.3 is 0 Å². The van der Waals surface area contributed by atoms with Gasteiger partial charge in [-0.1, -0.05) is 0 Å². The molecular weight excluding hydrogens is 138 g/mol. The van der Waals surface area contributed by atoms with Crippen LogP contribution in [0.2, 0.25) is 0 Å². The molecule has 0 amide bonds. The van der Waals surface area contributed by atoms with Gasteiger partial charge in [-0.2, -0.15) is 0 Å².